The number of anilines is 2. The van der Waals surface area contributed by atoms with E-state index in [1.165, 1.54) is 17.0 Å². The second-order valence-corrected chi connectivity index (χ2v) is 5.93. The van der Waals surface area contributed by atoms with Gasteiger partial charge in [-0.05, 0) is 36.4 Å². The number of carbonyl (C=O) groups excluding carboxylic acids is 2. The van der Waals surface area contributed by atoms with Crippen LogP contribution in [0.5, 0.6) is 0 Å². The first kappa shape index (κ1) is 16.3. The summed E-state index contributed by atoms with van der Waals surface area (Å²) in [4.78, 5) is 25.6. The molecule has 1 aliphatic heterocycles. The van der Waals surface area contributed by atoms with E-state index in [9.17, 15) is 14.0 Å². The first-order chi connectivity index (χ1) is 11.5. The van der Waals surface area contributed by atoms with Gasteiger partial charge in [0.05, 0.1) is 6.04 Å². The van der Waals surface area contributed by atoms with Gasteiger partial charge in [0.2, 0.25) is 5.91 Å². The summed E-state index contributed by atoms with van der Waals surface area (Å²) in [6.45, 7) is 0.297. The van der Waals surface area contributed by atoms with Gasteiger partial charge >= 0.3 is 6.03 Å². The molecule has 2 aromatic carbocycles. The molecule has 5 nitrogen and oxygen atoms in total. The highest BCUT2D eigenvalue weighted by molar-refractivity contribution is 6.30. The zero-order valence-corrected chi connectivity index (χ0v) is 13.4. The Morgan fingerprint density at radius 3 is 2.75 bits per heavy atom. The summed E-state index contributed by atoms with van der Waals surface area (Å²) in [6.07, 6.45) is 0.166. The Morgan fingerprint density at radius 2 is 2.00 bits per heavy atom. The maximum Gasteiger partial charge on any atom is 0.319 e. The van der Waals surface area contributed by atoms with Crippen molar-refractivity contribution in [1.82, 2.24) is 5.32 Å². The van der Waals surface area contributed by atoms with E-state index in [0.717, 1.165) is 0 Å². The second kappa shape index (κ2) is 6.88. The Bertz CT molecular complexity index is 784. The van der Waals surface area contributed by atoms with Crippen molar-refractivity contribution in [3.8, 4) is 0 Å². The predicted molar refractivity (Wildman–Crippen MR) is 90.8 cm³/mol. The third-order valence-corrected chi connectivity index (χ3v) is 3.90. The van der Waals surface area contributed by atoms with E-state index in [4.69, 9.17) is 11.6 Å². The first-order valence-electron chi connectivity index (χ1n) is 7.40. The van der Waals surface area contributed by atoms with Crippen molar-refractivity contribution in [2.75, 3.05) is 16.8 Å². The van der Waals surface area contributed by atoms with Crippen LogP contribution in [0.4, 0.5) is 20.6 Å². The number of hydrogen-bond donors (Lipinski definition) is 2. The highest BCUT2D eigenvalue weighted by Crippen LogP contribution is 2.22. The van der Waals surface area contributed by atoms with E-state index in [2.05, 4.69) is 10.6 Å². The number of carbonyl (C=O) groups is 2. The van der Waals surface area contributed by atoms with Crippen LogP contribution in [-0.2, 0) is 4.79 Å². The van der Waals surface area contributed by atoms with Gasteiger partial charge < -0.3 is 15.5 Å². The van der Waals surface area contributed by atoms with Crippen molar-refractivity contribution in [3.63, 3.8) is 0 Å². The first-order valence-corrected chi connectivity index (χ1v) is 7.78. The van der Waals surface area contributed by atoms with E-state index in [1.54, 1.807) is 36.4 Å². The van der Waals surface area contributed by atoms with E-state index in [1.807, 2.05) is 0 Å². The molecule has 2 aromatic rings. The Balaban J connectivity index is 1.61. The van der Waals surface area contributed by atoms with Gasteiger partial charge in [0.1, 0.15) is 5.82 Å². The van der Waals surface area contributed by atoms with Crippen molar-refractivity contribution in [1.29, 1.82) is 0 Å². The van der Waals surface area contributed by atoms with Crippen LogP contribution in [0.2, 0.25) is 5.02 Å². The van der Waals surface area contributed by atoms with Crippen LogP contribution in [0, 0.1) is 5.82 Å². The maximum absolute atomic E-state index is 13.3. The SMILES string of the molecule is O=C(Nc1cccc(Cl)c1)N[C@@H]1CC(=O)N(c2cccc(F)c2)C1. The van der Waals surface area contributed by atoms with Crippen molar-refractivity contribution in [3.05, 3.63) is 59.4 Å². The number of hydrogen-bond acceptors (Lipinski definition) is 2. The summed E-state index contributed by atoms with van der Waals surface area (Å²) in [6, 6.07) is 11.8. The lowest BCUT2D eigenvalue weighted by Crippen LogP contribution is -2.39. The lowest BCUT2D eigenvalue weighted by atomic mass is 10.2. The van der Waals surface area contributed by atoms with Gasteiger partial charge in [-0.25, -0.2) is 9.18 Å². The molecule has 2 N–H and O–H groups in total. The van der Waals surface area contributed by atoms with E-state index in [0.29, 0.717) is 22.9 Å². The number of benzene rings is 2. The molecule has 3 rings (SSSR count). The van der Waals surface area contributed by atoms with Crippen LogP contribution in [0.15, 0.2) is 48.5 Å². The van der Waals surface area contributed by atoms with E-state index >= 15 is 0 Å². The van der Waals surface area contributed by atoms with Crippen molar-refractivity contribution in [2.24, 2.45) is 0 Å². The molecular weight excluding hydrogens is 333 g/mol. The fraction of sp³-hybridized carbons (Fsp3) is 0.176. The number of nitrogens with one attached hydrogen (secondary N) is 2. The number of rotatable bonds is 3. The van der Waals surface area contributed by atoms with Gasteiger partial charge in [-0.15, -0.1) is 0 Å². The molecule has 24 heavy (non-hydrogen) atoms. The topological polar surface area (TPSA) is 61.4 Å². The monoisotopic (exact) mass is 347 g/mol. The molecule has 1 heterocycles. The number of urea groups is 1. The number of nitrogens with zero attached hydrogens (tertiary/aromatic N) is 1. The van der Waals surface area contributed by atoms with Crippen LogP contribution in [0.25, 0.3) is 0 Å². The van der Waals surface area contributed by atoms with Crippen LogP contribution in [0.3, 0.4) is 0 Å². The average molecular weight is 348 g/mol. The van der Waals surface area contributed by atoms with Gasteiger partial charge in [-0.3, -0.25) is 4.79 Å². The minimum Gasteiger partial charge on any atom is -0.333 e. The minimum atomic E-state index is -0.420. The Labute approximate surface area is 143 Å². The quantitative estimate of drug-likeness (QED) is 0.893. The molecule has 7 heteroatoms. The smallest absolute Gasteiger partial charge is 0.319 e. The summed E-state index contributed by atoms with van der Waals surface area (Å²) in [5.41, 5.74) is 1.05. The van der Waals surface area contributed by atoms with E-state index < -0.39 is 11.8 Å². The largest absolute Gasteiger partial charge is 0.333 e. The summed E-state index contributed by atoms with van der Waals surface area (Å²) < 4.78 is 13.3. The summed E-state index contributed by atoms with van der Waals surface area (Å²) in [5.74, 6) is -0.566. The molecule has 1 atom stereocenters. The highest BCUT2D eigenvalue weighted by Gasteiger charge is 2.31. The Morgan fingerprint density at radius 1 is 1.21 bits per heavy atom. The van der Waals surface area contributed by atoms with Crippen LogP contribution >= 0.6 is 11.6 Å². The molecule has 0 unspecified atom stereocenters. The Hall–Kier alpha value is -2.60. The van der Waals surface area contributed by atoms with Gasteiger partial charge in [0, 0.05) is 29.4 Å². The van der Waals surface area contributed by atoms with Gasteiger partial charge in [-0.1, -0.05) is 23.7 Å². The molecule has 0 aromatic heterocycles. The van der Waals surface area contributed by atoms with Crippen LogP contribution < -0.4 is 15.5 Å². The van der Waals surface area contributed by atoms with Crippen molar-refractivity contribution >= 4 is 34.9 Å². The molecule has 0 aliphatic carbocycles. The summed E-state index contributed by atoms with van der Waals surface area (Å²) in [5, 5.41) is 5.92. The molecular formula is C17H15ClFN3O2. The van der Waals surface area contributed by atoms with E-state index in [-0.39, 0.29) is 18.4 Å². The normalized spacial score (nSPS) is 17.0. The molecule has 0 spiro atoms. The summed E-state index contributed by atoms with van der Waals surface area (Å²) >= 11 is 5.86. The lowest BCUT2D eigenvalue weighted by Gasteiger charge is -2.17. The number of halogens is 2. The fourth-order valence-electron chi connectivity index (χ4n) is 2.62. The summed E-state index contributed by atoms with van der Waals surface area (Å²) in [7, 11) is 0. The third kappa shape index (κ3) is 3.83. The van der Waals surface area contributed by atoms with Crippen molar-refractivity contribution in [2.45, 2.75) is 12.5 Å². The molecule has 0 saturated carbocycles. The second-order valence-electron chi connectivity index (χ2n) is 5.49. The fourth-order valence-corrected chi connectivity index (χ4v) is 2.81. The third-order valence-electron chi connectivity index (χ3n) is 3.66. The molecule has 124 valence electrons. The highest BCUT2D eigenvalue weighted by atomic mass is 35.5. The molecule has 1 fully saturated rings. The zero-order valence-electron chi connectivity index (χ0n) is 12.6. The molecule has 3 amide bonds. The lowest BCUT2D eigenvalue weighted by molar-refractivity contribution is -0.117. The van der Waals surface area contributed by atoms with Crippen molar-refractivity contribution < 1.29 is 14.0 Å². The molecule has 0 bridgehead atoms. The van der Waals surface area contributed by atoms with Crippen LogP contribution in [0.1, 0.15) is 6.42 Å². The zero-order chi connectivity index (χ0) is 17.1. The van der Waals surface area contributed by atoms with Gasteiger partial charge in [0.25, 0.3) is 0 Å². The standard InChI is InChI=1S/C17H15ClFN3O2/c18-11-3-1-5-13(7-11)20-17(24)21-14-9-16(23)22(10-14)15-6-2-4-12(19)8-15/h1-8,14H,9-10H2,(H2,20,21,24)/t14-/m1/s1. The Kier molecular flexibility index (Phi) is 4.66. The molecule has 1 saturated heterocycles. The van der Waals surface area contributed by atoms with Crippen LogP contribution in [-0.4, -0.2) is 24.5 Å². The van der Waals surface area contributed by atoms with Gasteiger partial charge in [0.15, 0.2) is 0 Å². The minimum absolute atomic E-state index is 0.159. The molecule has 1 aliphatic rings. The maximum atomic E-state index is 13.3. The van der Waals surface area contributed by atoms with Gasteiger partial charge in [-0.2, -0.15) is 0 Å². The average Bonchev–Trinajstić information content (AvgIpc) is 2.87. The predicted octanol–water partition coefficient (Wildman–Crippen LogP) is 3.41. The number of amides is 3. The molecule has 0 radical (unpaired) electrons.